The van der Waals surface area contributed by atoms with Crippen LogP contribution in [0.4, 0.5) is 0 Å². The predicted octanol–water partition coefficient (Wildman–Crippen LogP) is 0.506. The van der Waals surface area contributed by atoms with Crippen molar-refractivity contribution in [2.24, 2.45) is 5.73 Å². The first-order chi connectivity index (χ1) is 7.10. The zero-order valence-corrected chi connectivity index (χ0v) is 8.86. The van der Waals surface area contributed by atoms with E-state index in [-0.39, 0.29) is 12.3 Å². The van der Waals surface area contributed by atoms with Gasteiger partial charge in [0.15, 0.2) is 5.78 Å². The van der Waals surface area contributed by atoms with E-state index in [1.54, 1.807) is 25.3 Å². The van der Waals surface area contributed by atoms with Gasteiger partial charge in [0.25, 0.3) is 0 Å². The zero-order valence-electron chi connectivity index (χ0n) is 8.86. The Hall–Kier alpha value is -1.39. The number of ketones is 1. The number of hydrogen-bond acceptors (Lipinski definition) is 4. The molecule has 1 atom stereocenters. The summed E-state index contributed by atoms with van der Waals surface area (Å²) in [6.45, 7) is 1.77. The fourth-order valence-corrected chi connectivity index (χ4v) is 1.33. The Kier molecular flexibility index (Phi) is 3.82. The molecule has 0 aliphatic carbocycles. The number of aliphatic hydroxyl groups is 1. The molecule has 0 heterocycles. The van der Waals surface area contributed by atoms with Gasteiger partial charge >= 0.3 is 0 Å². The summed E-state index contributed by atoms with van der Waals surface area (Å²) < 4.78 is 5.07. The molecule has 0 bridgehead atoms. The number of rotatable bonds is 4. The summed E-state index contributed by atoms with van der Waals surface area (Å²) in [7, 11) is 1.57. The lowest BCUT2D eigenvalue weighted by molar-refractivity contribution is 0.0763. The Morgan fingerprint density at radius 1 is 1.60 bits per heavy atom. The monoisotopic (exact) mass is 209 g/mol. The molecule has 0 aliphatic heterocycles. The van der Waals surface area contributed by atoms with Crippen molar-refractivity contribution in [1.29, 1.82) is 0 Å². The smallest absolute Gasteiger partial charge is 0.192 e. The molecule has 15 heavy (non-hydrogen) atoms. The van der Waals surface area contributed by atoms with Crippen LogP contribution in [0.25, 0.3) is 0 Å². The van der Waals surface area contributed by atoms with Gasteiger partial charge in [-0.25, -0.2) is 0 Å². The van der Waals surface area contributed by atoms with Crippen molar-refractivity contribution in [2.75, 3.05) is 13.7 Å². The lowest BCUT2D eigenvalue weighted by atomic mass is 10.0. The fourth-order valence-electron chi connectivity index (χ4n) is 1.33. The van der Waals surface area contributed by atoms with Crippen LogP contribution in [-0.2, 0) is 0 Å². The van der Waals surface area contributed by atoms with Crippen LogP contribution in [0.1, 0.15) is 15.9 Å². The number of carbonyl (C=O) groups is 1. The van der Waals surface area contributed by atoms with Gasteiger partial charge in [-0.15, -0.1) is 0 Å². The maximum atomic E-state index is 11.6. The first-order valence-corrected chi connectivity index (χ1v) is 4.67. The van der Waals surface area contributed by atoms with Gasteiger partial charge < -0.3 is 15.6 Å². The molecule has 1 rings (SSSR count). The fraction of sp³-hybridized carbons (Fsp3) is 0.364. The van der Waals surface area contributed by atoms with E-state index in [1.165, 1.54) is 0 Å². The molecular formula is C11H15NO3. The highest BCUT2D eigenvalue weighted by atomic mass is 16.5. The van der Waals surface area contributed by atoms with E-state index >= 15 is 0 Å². The summed E-state index contributed by atoms with van der Waals surface area (Å²) in [4.78, 5) is 11.6. The Morgan fingerprint density at radius 3 is 2.73 bits per heavy atom. The topological polar surface area (TPSA) is 72.5 Å². The molecule has 0 amide bonds. The average Bonchev–Trinajstić information content (AvgIpc) is 2.26. The van der Waals surface area contributed by atoms with Crippen molar-refractivity contribution in [3.63, 3.8) is 0 Å². The summed E-state index contributed by atoms with van der Waals surface area (Å²) in [6, 6.07) is 5.00. The molecule has 1 aromatic carbocycles. The van der Waals surface area contributed by atoms with Crippen LogP contribution >= 0.6 is 0 Å². The van der Waals surface area contributed by atoms with Crippen molar-refractivity contribution < 1.29 is 14.6 Å². The number of methoxy groups -OCH3 is 1. The molecule has 0 spiro atoms. The molecule has 0 saturated carbocycles. The SMILES string of the molecule is COc1ccc(C(=O)C(O)CN)cc1C. The van der Waals surface area contributed by atoms with Crippen molar-refractivity contribution in [1.82, 2.24) is 0 Å². The Morgan fingerprint density at radius 2 is 2.27 bits per heavy atom. The number of Topliss-reactive ketones (excluding diaryl/α,β-unsaturated/α-hetero) is 1. The van der Waals surface area contributed by atoms with Crippen LogP contribution in [-0.4, -0.2) is 30.6 Å². The van der Waals surface area contributed by atoms with Gasteiger partial charge in [-0.2, -0.15) is 0 Å². The zero-order chi connectivity index (χ0) is 11.4. The predicted molar refractivity (Wildman–Crippen MR) is 57.1 cm³/mol. The van der Waals surface area contributed by atoms with E-state index in [0.29, 0.717) is 11.3 Å². The van der Waals surface area contributed by atoms with Gasteiger partial charge in [-0.3, -0.25) is 4.79 Å². The minimum absolute atomic E-state index is 0.0656. The molecule has 0 fully saturated rings. The largest absolute Gasteiger partial charge is 0.496 e. The number of ether oxygens (including phenoxy) is 1. The van der Waals surface area contributed by atoms with E-state index in [4.69, 9.17) is 10.5 Å². The van der Waals surface area contributed by atoms with Crippen LogP contribution in [0.5, 0.6) is 5.75 Å². The van der Waals surface area contributed by atoms with Gasteiger partial charge in [0.1, 0.15) is 11.9 Å². The van der Waals surface area contributed by atoms with Gasteiger partial charge in [0.2, 0.25) is 0 Å². The standard InChI is InChI=1S/C11H15NO3/c1-7-5-8(3-4-10(7)15-2)11(14)9(13)6-12/h3-5,9,13H,6,12H2,1-2H3. The van der Waals surface area contributed by atoms with Gasteiger partial charge in [-0.1, -0.05) is 0 Å². The summed E-state index contributed by atoms with van der Waals surface area (Å²) >= 11 is 0. The molecule has 0 radical (unpaired) electrons. The second-order valence-electron chi connectivity index (χ2n) is 3.30. The van der Waals surface area contributed by atoms with Crippen LogP contribution in [0.15, 0.2) is 18.2 Å². The summed E-state index contributed by atoms with van der Waals surface area (Å²) in [6.07, 6.45) is -1.13. The molecule has 4 nitrogen and oxygen atoms in total. The maximum absolute atomic E-state index is 11.6. The number of benzene rings is 1. The molecule has 4 heteroatoms. The molecule has 3 N–H and O–H groups in total. The molecular weight excluding hydrogens is 194 g/mol. The first-order valence-electron chi connectivity index (χ1n) is 4.67. The second kappa shape index (κ2) is 4.91. The molecule has 0 aromatic heterocycles. The lowest BCUT2D eigenvalue weighted by Crippen LogP contribution is -2.29. The number of aliphatic hydroxyl groups excluding tert-OH is 1. The normalized spacial score (nSPS) is 12.3. The molecule has 0 aliphatic rings. The van der Waals surface area contributed by atoms with Crippen molar-refractivity contribution in [2.45, 2.75) is 13.0 Å². The third-order valence-corrected chi connectivity index (χ3v) is 2.21. The van der Waals surface area contributed by atoms with Crippen LogP contribution in [0, 0.1) is 6.92 Å². The van der Waals surface area contributed by atoms with Gasteiger partial charge in [-0.05, 0) is 30.7 Å². The number of nitrogens with two attached hydrogens (primary N) is 1. The minimum Gasteiger partial charge on any atom is -0.496 e. The van der Waals surface area contributed by atoms with E-state index in [0.717, 1.165) is 5.56 Å². The third kappa shape index (κ3) is 2.55. The van der Waals surface area contributed by atoms with Crippen LogP contribution < -0.4 is 10.5 Å². The average molecular weight is 209 g/mol. The Bertz CT molecular complexity index is 363. The highest BCUT2D eigenvalue weighted by molar-refractivity contribution is 5.99. The quantitative estimate of drug-likeness (QED) is 0.708. The van der Waals surface area contributed by atoms with Gasteiger partial charge in [0, 0.05) is 12.1 Å². The first kappa shape index (κ1) is 11.7. The highest BCUT2D eigenvalue weighted by Gasteiger charge is 2.15. The number of aryl methyl sites for hydroxylation is 1. The van der Waals surface area contributed by atoms with Crippen LogP contribution in [0.2, 0.25) is 0 Å². The summed E-state index contributed by atoms with van der Waals surface area (Å²) in [5.41, 5.74) is 6.51. The van der Waals surface area contributed by atoms with Crippen molar-refractivity contribution in [3.8, 4) is 5.75 Å². The van der Waals surface area contributed by atoms with Gasteiger partial charge in [0.05, 0.1) is 7.11 Å². The number of hydrogen-bond donors (Lipinski definition) is 2. The Labute approximate surface area is 88.7 Å². The molecule has 1 unspecified atom stereocenters. The lowest BCUT2D eigenvalue weighted by Gasteiger charge is -2.09. The molecule has 0 saturated heterocycles. The molecule has 1 aromatic rings. The van der Waals surface area contributed by atoms with Crippen molar-refractivity contribution >= 4 is 5.78 Å². The van der Waals surface area contributed by atoms with E-state index in [1.807, 2.05) is 6.92 Å². The highest BCUT2D eigenvalue weighted by Crippen LogP contribution is 2.19. The summed E-state index contributed by atoms with van der Waals surface area (Å²) in [5, 5.41) is 9.29. The maximum Gasteiger partial charge on any atom is 0.192 e. The number of carbonyl (C=O) groups excluding carboxylic acids is 1. The van der Waals surface area contributed by atoms with Crippen molar-refractivity contribution in [3.05, 3.63) is 29.3 Å². The second-order valence-corrected chi connectivity index (χ2v) is 3.30. The van der Waals surface area contributed by atoms with Crippen LogP contribution in [0.3, 0.4) is 0 Å². The molecule has 82 valence electrons. The van der Waals surface area contributed by atoms with E-state index in [2.05, 4.69) is 0 Å². The third-order valence-electron chi connectivity index (χ3n) is 2.21. The minimum atomic E-state index is -1.13. The van der Waals surface area contributed by atoms with E-state index in [9.17, 15) is 9.90 Å². The Balaban J connectivity index is 2.97. The summed E-state index contributed by atoms with van der Waals surface area (Å²) in [5.74, 6) is 0.358. The van der Waals surface area contributed by atoms with E-state index < -0.39 is 6.10 Å².